The Kier molecular flexibility index (Phi) is 3.78. The van der Waals surface area contributed by atoms with Crippen molar-refractivity contribution in [3.8, 4) is 0 Å². The van der Waals surface area contributed by atoms with Crippen LogP contribution < -0.4 is 0 Å². The molecule has 86 valence electrons. The van der Waals surface area contributed by atoms with E-state index in [9.17, 15) is 5.11 Å². The van der Waals surface area contributed by atoms with Gasteiger partial charge in [-0.2, -0.15) is 5.10 Å². The molecule has 0 fully saturated rings. The molecule has 3 nitrogen and oxygen atoms in total. The van der Waals surface area contributed by atoms with Crippen molar-refractivity contribution in [3.63, 3.8) is 0 Å². The van der Waals surface area contributed by atoms with Crippen molar-refractivity contribution in [1.29, 1.82) is 0 Å². The van der Waals surface area contributed by atoms with Crippen molar-refractivity contribution in [2.24, 2.45) is 7.05 Å². The number of aromatic nitrogens is 2. The third-order valence-electron chi connectivity index (χ3n) is 2.39. The Morgan fingerprint density at radius 2 is 2.38 bits per heavy atom. The second-order valence-corrected chi connectivity index (χ2v) is 6.21. The Hall–Kier alpha value is -0.650. The first-order chi connectivity index (χ1) is 7.65. The molecule has 0 bridgehead atoms. The van der Waals surface area contributed by atoms with E-state index < -0.39 is 0 Å². The number of nitrogens with zero attached hydrogens (tertiary/aromatic N) is 2. The fourth-order valence-electron chi connectivity index (χ4n) is 1.55. The van der Waals surface area contributed by atoms with Crippen LogP contribution in [0.4, 0.5) is 0 Å². The molecule has 0 saturated heterocycles. The monoisotopic (exact) mass is 300 g/mol. The molecule has 16 heavy (non-hydrogen) atoms. The summed E-state index contributed by atoms with van der Waals surface area (Å²) in [6, 6.07) is 3.93. The Bertz CT molecular complexity index is 466. The average Bonchev–Trinajstić information content (AvgIpc) is 2.84. The van der Waals surface area contributed by atoms with Crippen LogP contribution >= 0.6 is 27.3 Å². The number of thiophene rings is 1. The normalized spacial score (nSPS) is 12.9. The summed E-state index contributed by atoms with van der Waals surface area (Å²) in [6.45, 7) is 0. The van der Waals surface area contributed by atoms with E-state index >= 15 is 0 Å². The predicted octanol–water partition coefficient (Wildman–Crippen LogP) is 2.91. The van der Waals surface area contributed by atoms with Gasteiger partial charge in [-0.3, -0.25) is 4.68 Å². The van der Waals surface area contributed by atoms with Crippen LogP contribution in [0.15, 0.2) is 28.3 Å². The quantitative estimate of drug-likeness (QED) is 0.943. The van der Waals surface area contributed by atoms with Crippen LogP contribution in [0.1, 0.15) is 23.0 Å². The van der Waals surface area contributed by atoms with Gasteiger partial charge in [0.25, 0.3) is 0 Å². The van der Waals surface area contributed by atoms with Gasteiger partial charge in [-0.1, -0.05) is 0 Å². The molecule has 0 saturated carbocycles. The number of aliphatic hydroxyl groups excluding tert-OH is 1. The van der Waals surface area contributed by atoms with Crippen molar-refractivity contribution in [2.75, 3.05) is 0 Å². The van der Waals surface area contributed by atoms with Gasteiger partial charge in [-0.15, -0.1) is 11.3 Å². The predicted molar refractivity (Wildman–Crippen MR) is 68.5 cm³/mol. The molecule has 0 amide bonds. The van der Waals surface area contributed by atoms with Crippen LogP contribution in [0.5, 0.6) is 0 Å². The Morgan fingerprint density at radius 3 is 2.94 bits per heavy atom. The lowest BCUT2D eigenvalue weighted by Gasteiger charge is -2.06. The van der Waals surface area contributed by atoms with Crippen LogP contribution in [-0.4, -0.2) is 14.9 Å². The highest BCUT2D eigenvalue weighted by atomic mass is 79.9. The molecule has 0 aromatic carbocycles. The molecule has 1 unspecified atom stereocenters. The third-order valence-corrected chi connectivity index (χ3v) is 4.11. The highest BCUT2D eigenvalue weighted by Crippen LogP contribution is 2.29. The molecular weight excluding hydrogens is 288 g/mol. The minimum absolute atomic E-state index is 0.378. The third kappa shape index (κ3) is 2.93. The van der Waals surface area contributed by atoms with E-state index in [1.807, 2.05) is 31.6 Å². The van der Waals surface area contributed by atoms with Crippen molar-refractivity contribution in [1.82, 2.24) is 9.78 Å². The Morgan fingerprint density at radius 1 is 1.56 bits per heavy atom. The second-order valence-electron chi connectivity index (χ2n) is 3.72. The van der Waals surface area contributed by atoms with Gasteiger partial charge in [0.15, 0.2) is 0 Å². The first-order valence-corrected chi connectivity index (χ1v) is 6.67. The smallest absolute Gasteiger partial charge is 0.0885 e. The summed E-state index contributed by atoms with van der Waals surface area (Å²) in [5.41, 5.74) is 1.16. The molecule has 0 spiro atoms. The molecule has 0 aliphatic carbocycles. The molecular formula is C11H13BrN2OS. The van der Waals surface area contributed by atoms with E-state index in [1.54, 1.807) is 16.0 Å². The second kappa shape index (κ2) is 5.12. The Labute approximate surface area is 107 Å². The maximum absolute atomic E-state index is 9.96. The summed E-state index contributed by atoms with van der Waals surface area (Å²) in [5.74, 6) is 0. The number of aryl methyl sites for hydroxylation is 2. The molecule has 0 aliphatic rings. The summed E-state index contributed by atoms with van der Waals surface area (Å²) >= 11 is 4.98. The van der Waals surface area contributed by atoms with Crippen LogP contribution in [0, 0.1) is 0 Å². The molecule has 5 heteroatoms. The van der Waals surface area contributed by atoms with Gasteiger partial charge < -0.3 is 5.11 Å². The van der Waals surface area contributed by atoms with E-state index in [4.69, 9.17) is 0 Å². The maximum Gasteiger partial charge on any atom is 0.0885 e. The minimum Gasteiger partial charge on any atom is -0.388 e. The first kappa shape index (κ1) is 11.8. The number of rotatable bonds is 4. The van der Waals surface area contributed by atoms with E-state index in [-0.39, 0.29) is 6.10 Å². The van der Waals surface area contributed by atoms with Gasteiger partial charge in [0, 0.05) is 18.1 Å². The molecule has 1 N–H and O–H groups in total. The fraction of sp³-hybridized carbons (Fsp3) is 0.364. The summed E-state index contributed by atoms with van der Waals surface area (Å²) in [6.07, 6.45) is 5.04. The van der Waals surface area contributed by atoms with Crippen LogP contribution in [0.2, 0.25) is 0 Å². The zero-order chi connectivity index (χ0) is 11.5. The van der Waals surface area contributed by atoms with E-state index in [0.29, 0.717) is 0 Å². The van der Waals surface area contributed by atoms with E-state index in [0.717, 1.165) is 27.1 Å². The van der Waals surface area contributed by atoms with E-state index in [2.05, 4.69) is 21.0 Å². The van der Waals surface area contributed by atoms with Gasteiger partial charge >= 0.3 is 0 Å². The molecule has 2 heterocycles. The standard InChI is InChI=1S/C11H13BrN2OS/c1-14-7-8(6-13-14)2-3-9(15)10-4-5-11(12)16-10/h4-7,9,15H,2-3H2,1H3. The number of aliphatic hydroxyl groups is 1. The number of halogens is 1. The fourth-order valence-corrected chi connectivity index (χ4v) is 3.00. The largest absolute Gasteiger partial charge is 0.388 e. The van der Waals surface area contributed by atoms with Crippen molar-refractivity contribution in [2.45, 2.75) is 18.9 Å². The van der Waals surface area contributed by atoms with Crippen LogP contribution in [-0.2, 0) is 13.5 Å². The lowest BCUT2D eigenvalue weighted by atomic mass is 10.1. The number of hydrogen-bond acceptors (Lipinski definition) is 3. The minimum atomic E-state index is -0.378. The van der Waals surface area contributed by atoms with Crippen LogP contribution in [0.3, 0.4) is 0 Å². The molecule has 2 aromatic heterocycles. The average molecular weight is 301 g/mol. The van der Waals surface area contributed by atoms with Gasteiger partial charge in [0.1, 0.15) is 0 Å². The summed E-state index contributed by atoms with van der Waals surface area (Å²) < 4.78 is 2.84. The molecule has 2 aromatic rings. The summed E-state index contributed by atoms with van der Waals surface area (Å²) in [5, 5.41) is 14.1. The maximum atomic E-state index is 9.96. The zero-order valence-electron chi connectivity index (χ0n) is 8.93. The van der Waals surface area contributed by atoms with Gasteiger partial charge in [-0.05, 0) is 46.5 Å². The van der Waals surface area contributed by atoms with Crippen molar-refractivity contribution >= 4 is 27.3 Å². The summed E-state index contributed by atoms with van der Waals surface area (Å²) in [7, 11) is 1.90. The molecule has 0 radical (unpaired) electrons. The lowest BCUT2D eigenvalue weighted by Crippen LogP contribution is -1.96. The van der Waals surface area contributed by atoms with E-state index in [1.165, 1.54) is 0 Å². The van der Waals surface area contributed by atoms with Crippen molar-refractivity contribution in [3.05, 3.63) is 38.8 Å². The zero-order valence-corrected chi connectivity index (χ0v) is 11.3. The Balaban J connectivity index is 1.91. The molecule has 2 rings (SSSR count). The molecule has 1 atom stereocenters. The SMILES string of the molecule is Cn1cc(CCC(O)c2ccc(Br)s2)cn1. The van der Waals surface area contributed by atoms with Crippen LogP contribution in [0.25, 0.3) is 0 Å². The topological polar surface area (TPSA) is 38.0 Å². The number of hydrogen-bond donors (Lipinski definition) is 1. The highest BCUT2D eigenvalue weighted by Gasteiger charge is 2.10. The summed E-state index contributed by atoms with van der Waals surface area (Å²) in [4.78, 5) is 1.01. The lowest BCUT2D eigenvalue weighted by molar-refractivity contribution is 0.171. The van der Waals surface area contributed by atoms with Gasteiger partial charge in [0.2, 0.25) is 0 Å². The van der Waals surface area contributed by atoms with Crippen molar-refractivity contribution < 1.29 is 5.11 Å². The van der Waals surface area contributed by atoms with Gasteiger partial charge in [0.05, 0.1) is 16.1 Å². The first-order valence-electron chi connectivity index (χ1n) is 5.06. The highest BCUT2D eigenvalue weighted by molar-refractivity contribution is 9.11. The van der Waals surface area contributed by atoms with Gasteiger partial charge in [-0.25, -0.2) is 0 Å². The molecule has 0 aliphatic heterocycles.